The Labute approximate surface area is 185 Å². The fourth-order valence-electron chi connectivity index (χ4n) is 3.57. The number of aromatic nitrogens is 5. The second-order valence-electron chi connectivity index (χ2n) is 6.82. The number of halogens is 4. The molecule has 0 amide bonds. The first-order valence-corrected chi connectivity index (χ1v) is 9.95. The van der Waals surface area contributed by atoms with Crippen LogP contribution >= 0.6 is 23.2 Å². The molecule has 2 aromatic carbocycles. The molecule has 10 heteroatoms. The molecule has 0 saturated carbocycles. The first-order chi connectivity index (χ1) is 15.0. The fourth-order valence-corrected chi connectivity index (χ4v) is 3.98. The minimum Gasteiger partial charge on any atom is -0.275 e. The Kier molecular flexibility index (Phi) is 4.75. The van der Waals surface area contributed by atoms with Gasteiger partial charge in [0.2, 0.25) is 0 Å². The van der Waals surface area contributed by atoms with Crippen molar-refractivity contribution in [3.8, 4) is 17.2 Å². The van der Waals surface area contributed by atoms with E-state index in [4.69, 9.17) is 23.2 Å². The monoisotopic (exact) mass is 456 g/mol. The van der Waals surface area contributed by atoms with Crippen molar-refractivity contribution in [2.24, 2.45) is 4.99 Å². The topological polar surface area (TPSA) is 68.8 Å². The maximum absolute atomic E-state index is 14.8. The highest BCUT2D eigenvalue weighted by molar-refractivity contribution is 6.45. The zero-order valence-corrected chi connectivity index (χ0v) is 17.4. The van der Waals surface area contributed by atoms with Crippen LogP contribution in [0, 0.1) is 11.6 Å². The van der Waals surface area contributed by atoms with Crippen molar-refractivity contribution >= 4 is 28.9 Å². The van der Waals surface area contributed by atoms with Gasteiger partial charge in [-0.25, -0.2) is 18.7 Å². The maximum atomic E-state index is 14.8. The van der Waals surface area contributed by atoms with E-state index in [1.165, 1.54) is 24.5 Å². The van der Waals surface area contributed by atoms with E-state index in [2.05, 4.69) is 25.2 Å². The van der Waals surface area contributed by atoms with Gasteiger partial charge in [-0.1, -0.05) is 29.3 Å². The summed E-state index contributed by atoms with van der Waals surface area (Å²) in [5, 5.41) is 8.89. The first-order valence-electron chi connectivity index (χ1n) is 9.20. The van der Waals surface area contributed by atoms with E-state index >= 15 is 0 Å². The molecule has 2 aromatic heterocycles. The fraction of sp³-hybridized carbons (Fsp3) is 0.0952. The highest BCUT2D eigenvalue weighted by Gasteiger charge is 2.32. The average molecular weight is 457 g/mol. The smallest absolute Gasteiger partial charge is 0.187 e. The predicted octanol–water partition coefficient (Wildman–Crippen LogP) is 5.22. The molecule has 0 aliphatic carbocycles. The number of nitrogens with zero attached hydrogens (tertiary/aromatic N) is 6. The summed E-state index contributed by atoms with van der Waals surface area (Å²) in [6.07, 6.45) is 2.97. The molecule has 1 aliphatic rings. The molecule has 31 heavy (non-hydrogen) atoms. The van der Waals surface area contributed by atoms with Crippen LogP contribution < -0.4 is 0 Å². The van der Waals surface area contributed by atoms with Crippen LogP contribution in [0.1, 0.15) is 29.9 Å². The van der Waals surface area contributed by atoms with Crippen LogP contribution in [-0.2, 0) is 0 Å². The number of aliphatic imine (C=N–C) groups is 1. The summed E-state index contributed by atoms with van der Waals surface area (Å²) < 4.78 is 31.3. The van der Waals surface area contributed by atoms with E-state index in [1.54, 1.807) is 35.9 Å². The van der Waals surface area contributed by atoms with Gasteiger partial charge in [-0.2, -0.15) is 0 Å². The molecule has 0 unspecified atom stereocenters. The number of hydrogen-bond acceptors (Lipinski definition) is 5. The first kappa shape index (κ1) is 19.7. The standard InChI is InChI=1S/C21H12Cl2F2N6/c1-10-20-29-30-21(14-7-8-26-9-27-14)31(20)15-6-5-11(22)18(23)17(15)19(28-10)16-12(24)3-2-4-13(16)25/h2-10H,1H3/t10-/m0/s1. The highest BCUT2D eigenvalue weighted by Crippen LogP contribution is 2.39. The normalized spacial score (nSPS) is 15.1. The summed E-state index contributed by atoms with van der Waals surface area (Å²) in [5.41, 5.74) is 1.03. The van der Waals surface area contributed by atoms with Crippen LogP contribution in [-0.4, -0.2) is 30.4 Å². The SMILES string of the molecule is C[C@@H]1N=C(c2c(F)cccc2F)c2c(ccc(Cl)c2Cl)-n2c(-c3ccncn3)nnc21. The van der Waals surface area contributed by atoms with Gasteiger partial charge in [-0.3, -0.25) is 9.56 Å². The minimum atomic E-state index is -0.762. The van der Waals surface area contributed by atoms with E-state index in [-0.39, 0.29) is 26.9 Å². The lowest BCUT2D eigenvalue weighted by Gasteiger charge is -2.16. The molecule has 6 nitrogen and oxygen atoms in total. The lowest BCUT2D eigenvalue weighted by Crippen LogP contribution is -2.13. The molecular weight excluding hydrogens is 445 g/mol. The molecular formula is C21H12Cl2F2N6. The van der Waals surface area contributed by atoms with Crippen molar-refractivity contribution in [3.63, 3.8) is 0 Å². The second kappa shape index (κ2) is 7.47. The molecule has 154 valence electrons. The van der Waals surface area contributed by atoms with Crippen LogP contribution in [0.4, 0.5) is 8.78 Å². The summed E-state index contributed by atoms with van der Waals surface area (Å²) >= 11 is 12.9. The Balaban J connectivity index is 1.88. The van der Waals surface area contributed by atoms with E-state index in [1.807, 2.05) is 0 Å². The molecule has 1 atom stereocenters. The summed E-state index contributed by atoms with van der Waals surface area (Å²) in [4.78, 5) is 12.8. The van der Waals surface area contributed by atoms with Gasteiger partial charge in [0.15, 0.2) is 11.6 Å². The number of rotatable bonds is 2. The van der Waals surface area contributed by atoms with Crippen LogP contribution in [0.5, 0.6) is 0 Å². The Morgan fingerprint density at radius 3 is 2.45 bits per heavy atom. The predicted molar refractivity (Wildman–Crippen MR) is 113 cm³/mol. The molecule has 0 bridgehead atoms. The van der Waals surface area contributed by atoms with Crippen molar-refractivity contribution in [2.45, 2.75) is 13.0 Å². The van der Waals surface area contributed by atoms with E-state index in [0.717, 1.165) is 0 Å². The van der Waals surface area contributed by atoms with Crippen LogP contribution in [0.3, 0.4) is 0 Å². The third-order valence-electron chi connectivity index (χ3n) is 4.95. The van der Waals surface area contributed by atoms with Gasteiger partial charge >= 0.3 is 0 Å². The van der Waals surface area contributed by atoms with Crippen LogP contribution in [0.25, 0.3) is 17.2 Å². The zero-order chi connectivity index (χ0) is 21.7. The van der Waals surface area contributed by atoms with E-state index < -0.39 is 17.7 Å². The molecule has 0 N–H and O–H groups in total. The molecule has 5 rings (SSSR count). The van der Waals surface area contributed by atoms with Crippen molar-refractivity contribution < 1.29 is 8.78 Å². The number of fused-ring (bicyclic) bond motifs is 3. The molecule has 0 radical (unpaired) electrons. The van der Waals surface area contributed by atoms with Gasteiger partial charge in [-0.05, 0) is 37.3 Å². The molecule has 0 fully saturated rings. The molecule has 0 saturated heterocycles. The average Bonchev–Trinajstić information content (AvgIpc) is 3.16. The van der Waals surface area contributed by atoms with Gasteiger partial charge in [0.25, 0.3) is 0 Å². The summed E-state index contributed by atoms with van der Waals surface area (Å²) in [7, 11) is 0. The van der Waals surface area contributed by atoms with Crippen LogP contribution in [0.15, 0.2) is 53.9 Å². The molecule has 1 aliphatic heterocycles. The Bertz CT molecular complexity index is 1330. The van der Waals surface area contributed by atoms with Crippen molar-refractivity contribution in [1.29, 1.82) is 0 Å². The largest absolute Gasteiger partial charge is 0.275 e. The number of hydrogen-bond donors (Lipinski definition) is 0. The number of benzene rings is 2. The maximum Gasteiger partial charge on any atom is 0.187 e. The Morgan fingerprint density at radius 2 is 1.74 bits per heavy atom. The lowest BCUT2D eigenvalue weighted by molar-refractivity contribution is 0.578. The second-order valence-corrected chi connectivity index (χ2v) is 7.60. The van der Waals surface area contributed by atoms with E-state index in [0.29, 0.717) is 23.0 Å². The van der Waals surface area contributed by atoms with Gasteiger partial charge in [0.05, 0.1) is 27.0 Å². The van der Waals surface area contributed by atoms with Gasteiger partial charge in [0, 0.05) is 11.8 Å². The molecule has 4 aromatic rings. The summed E-state index contributed by atoms with van der Waals surface area (Å²) in [5.74, 6) is -0.655. The molecule has 3 heterocycles. The summed E-state index contributed by atoms with van der Waals surface area (Å²) in [6, 6.07) is 8.00. The van der Waals surface area contributed by atoms with Crippen LogP contribution in [0.2, 0.25) is 10.0 Å². The quantitative estimate of drug-likeness (QED) is 0.414. The van der Waals surface area contributed by atoms with Crippen molar-refractivity contribution in [2.75, 3.05) is 0 Å². The third-order valence-corrected chi connectivity index (χ3v) is 5.75. The summed E-state index contributed by atoms with van der Waals surface area (Å²) in [6.45, 7) is 1.75. The van der Waals surface area contributed by atoms with Gasteiger partial charge in [-0.15, -0.1) is 10.2 Å². The third kappa shape index (κ3) is 3.10. The van der Waals surface area contributed by atoms with Crippen molar-refractivity contribution in [1.82, 2.24) is 24.7 Å². The van der Waals surface area contributed by atoms with Gasteiger partial charge < -0.3 is 0 Å². The highest BCUT2D eigenvalue weighted by atomic mass is 35.5. The minimum absolute atomic E-state index is 0.0461. The van der Waals surface area contributed by atoms with Crippen molar-refractivity contribution in [3.05, 3.63) is 87.6 Å². The Hall–Kier alpha value is -3.23. The zero-order valence-electron chi connectivity index (χ0n) is 15.9. The lowest BCUT2D eigenvalue weighted by atomic mass is 9.99. The Morgan fingerprint density at radius 1 is 0.968 bits per heavy atom. The van der Waals surface area contributed by atoms with Gasteiger partial charge in [0.1, 0.15) is 29.7 Å². The molecule has 0 spiro atoms. The van der Waals surface area contributed by atoms with E-state index in [9.17, 15) is 8.78 Å².